The van der Waals surface area contributed by atoms with E-state index in [2.05, 4.69) is 34.4 Å². The predicted octanol–water partition coefficient (Wildman–Crippen LogP) is 3.39. The highest BCUT2D eigenvalue weighted by atomic mass is 32.2. The highest BCUT2D eigenvalue weighted by Crippen LogP contribution is 2.48. The molecule has 0 spiro atoms. The van der Waals surface area contributed by atoms with Crippen molar-refractivity contribution in [2.75, 3.05) is 4.72 Å². The molecule has 30 heavy (non-hydrogen) atoms. The molecule has 1 fully saturated rings. The van der Waals surface area contributed by atoms with Crippen LogP contribution in [-0.4, -0.2) is 27.7 Å². The Labute approximate surface area is 178 Å². The van der Waals surface area contributed by atoms with Crippen molar-refractivity contribution in [3.8, 4) is 6.07 Å². The number of rotatable bonds is 8. The first-order valence-electron chi connectivity index (χ1n) is 9.20. The van der Waals surface area contributed by atoms with E-state index in [1.165, 1.54) is 6.33 Å². The third-order valence-corrected chi connectivity index (χ3v) is 6.46. The van der Waals surface area contributed by atoms with Crippen LogP contribution in [0.25, 0.3) is 0 Å². The second kappa shape index (κ2) is 8.10. The lowest BCUT2D eigenvalue weighted by molar-refractivity contribution is 0.489. The van der Waals surface area contributed by atoms with Gasteiger partial charge in [-0.25, -0.2) is 9.67 Å². The molecule has 1 aromatic heterocycles. The van der Waals surface area contributed by atoms with Gasteiger partial charge in [-0.3, -0.25) is 9.27 Å². The maximum Gasteiger partial charge on any atom is 0.357 e. The number of benzene rings is 2. The van der Waals surface area contributed by atoms with Crippen LogP contribution in [0.3, 0.4) is 0 Å². The Hall–Kier alpha value is -2.87. The molecule has 0 radical (unpaired) electrons. The zero-order chi connectivity index (χ0) is 21.2. The lowest BCUT2D eigenvalue weighted by atomic mass is 9.94. The Kier molecular flexibility index (Phi) is 5.51. The van der Waals surface area contributed by atoms with E-state index in [1.807, 2.05) is 4.72 Å². The zero-order valence-electron chi connectivity index (χ0n) is 15.9. The summed E-state index contributed by atoms with van der Waals surface area (Å²) in [6, 6.07) is 15.5. The quantitative estimate of drug-likeness (QED) is 0.406. The molecule has 0 amide bonds. The van der Waals surface area contributed by atoms with E-state index >= 15 is 0 Å². The standard InChI is InChI=1S/C20H19N5O3S2/c21-12-20(5-6-20)17-8-15(10-25-14-22-13-23-25)7-16(9-17)11-29-19-3-1-18(2-4-19)24-30(26,27)28/h1-4,7-9,13-14,24H,5-6,10-11H2,(H,26,27,28). The van der Waals surface area contributed by atoms with Gasteiger partial charge < -0.3 is 0 Å². The van der Waals surface area contributed by atoms with Crippen LogP contribution in [0.15, 0.2) is 60.0 Å². The van der Waals surface area contributed by atoms with Gasteiger partial charge in [-0.1, -0.05) is 18.2 Å². The lowest BCUT2D eigenvalue weighted by Gasteiger charge is -2.13. The fraction of sp³-hybridized carbons (Fsp3) is 0.250. The summed E-state index contributed by atoms with van der Waals surface area (Å²) in [6.07, 6.45) is 4.93. The van der Waals surface area contributed by atoms with Crippen LogP contribution < -0.4 is 4.72 Å². The monoisotopic (exact) mass is 441 g/mol. The molecule has 154 valence electrons. The van der Waals surface area contributed by atoms with Gasteiger partial charge in [0.05, 0.1) is 23.7 Å². The molecule has 2 N–H and O–H groups in total. The number of thioether (sulfide) groups is 1. The van der Waals surface area contributed by atoms with Gasteiger partial charge in [0.2, 0.25) is 0 Å². The smallest absolute Gasteiger partial charge is 0.269 e. The Bertz CT molecular complexity index is 1180. The molecule has 1 heterocycles. The average molecular weight is 442 g/mol. The molecular weight excluding hydrogens is 422 g/mol. The molecule has 1 aliphatic rings. The van der Waals surface area contributed by atoms with Crippen LogP contribution in [-0.2, 0) is 28.0 Å². The summed E-state index contributed by atoms with van der Waals surface area (Å²) in [4.78, 5) is 4.94. The third kappa shape index (κ3) is 4.99. The van der Waals surface area contributed by atoms with Crippen molar-refractivity contribution in [1.29, 1.82) is 5.26 Å². The molecule has 8 nitrogen and oxygen atoms in total. The maximum atomic E-state index is 10.9. The number of hydrogen-bond acceptors (Lipinski definition) is 6. The SMILES string of the molecule is N#CC1(c2cc(CSc3ccc(NS(=O)(=O)O)cc3)cc(Cn3cncn3)c2)CC1. The van der Waals surface area contributed by atoms with Gasteiger partial charge in [0.25, 0.3) is 0 Å². The van der Waals surface area contributed by atoms with Gasteiger partial charge in [-0.2, -0.15) is 18.8 Å². The summed E-state index contributed by atoms with van der Waals surface area (Å²) < 4.78 is 34.4. The number of nitriles is 1. The van der Waals surface area contributed by atoms with E-state index in [-0.39, 0.29) is 5.41 Å². The van der Waals surface area contributed by atoms with Gasteiger partial charge in [0.15, 0.2) is 0 Å². The first-order chi connectivity index (χ1) is 14.4. The lowest BCUT2D eigenvalue weighted by Crippen LogP contribution is -2.09. The second-order valence-electron chi connectivity index (χ2n) is 7.22. The third-order valence-electron chi connectivity index (χ3n) is 4.89. The van der Waals surface area contributed by atoms with Crippen molar-refractivity contribution in [2.45, 2.75) is 35.4 Å². The molecule has 2 aromatic carbocycles. The van der Waals surface area contributed by atoms with E-state index in [4.69, 9.17) is 4.55 Å². The first kappa shape index (κ1) is 20.4. The van der Waals surface area contributed by atoms with Crippen LogP contribution >= 0.6 is 11.8 Å². The second-order valence-corrected chi connectivity index (χ2v) is 9.42. The van der Waals surface area contributed by atoms with Crippen LogP contribution in [0.5, 0.6) is 0 Å². The van der Waals surface area contributed by atoms with Gasteiger partial charge >= 0.3 is 10.3 Å². The number of nitrogens with one attached hydrogen (secondary N) is 1. The van der Waals surface area contributed by atoms with Crippen molar-refractivity contribution in [1.82, 2.24) is 14.8 Å². The van der Waals surface area contributed by atoms with Crippen LogP contribution in [0.2, 0.25) is 0 Å². The minimum absolute atomic E-state index is 0.295. The largest absolute Gasteiger partial charge is 0.357 e. The molecule has 1 aliphatic carbocycles. The highest BCUT2D eigenvalue weighted by molar-refractivity contribution is 7.98. The van der Waals surface area contributed by atoms with Gasteiger partial charge in [-0.15, -0.1) is 11.8 Å². The number of nitrogens with zero attached hydrogens (tertiary/aromatic N) is 4. The van der Waals surface area contributed by atoms with Crippen molar-refractivity contribution in [3.05, 3.63) is 71.8 Å². The predicted molar refractivity (Wildman–Crippen MR) is 113 cm³/mol. The van der Waals surface area contributed by atoms with Crippen molar-refractivity contribution < 1.29 is 13.0 Å². The average Bonchev–Trinajstić information content (AvgIpc) is 3.35. The molecule has 4 rings (SSSR count). The van der Waals surface area contributed by atoms with Gasteiger partial charge in [-0.05, 0) is 53.8 Å². The summed E-state index contributed by atoms with van der Waals surface area (Å²) in [5, 5.41) is 13.8. The maximum absolute atomic E-state index is 10.9. The molecule has 0 bridgehead atoms. The summed E-state index contributed by atoms with van der Waals surface area (Å²) in [5.41, 5.74) is 3.15. The molecule has 10 heteroatoms. The van der Waals surface area contributed by atoms with Crippen LogP contribution in [0.1, 0.15) is 29.5 Å². The molecular formula is C20H19N5O3S2. The molecule has 3 aromatic rings. The molecule has 0 saturated heterocycles. The minimum Gasteiger partial charge on any atom is -0.269 e. The van der Waals surface area contributed by atoms with E-state index < -0.39 is 10.3 Å². The molecule has 0 aliphatic heterocycles. The molecule has 1 saturated carbocycles. The van der Waals surface area contributed by atoms with Crippen LogP contribution in [0, 0.1) is 11.3 Å². The summed E-state index contributed by atoms with van der Waals surface area (Å²) in [6.45, 7) is 0.586. The summed E-state index contributed by atoms with van der Waals surface area (Å²) in [7, 11) is -4.28. The van der Waals surface area contributed by atoms with Gasteiger partial charge in [0.1, 0.15) is 12.7 Å². The van der Waals surface area contributed by atoms with E-state index in [9.17, 15) is 13.7 Å². The Morgan fingerprint density at radius 3 is 2.53 bits per heavy atom. The highest BCUT2D eigenvalue weighted by Gasteiger charge is 2.45. The van der Waals surface area contributed by atoms with E-state index in [0.29, 0.717) is 18.0 Å². The fourth-order valence-electron chi connectivity index (χ4n) is 3.24. The number of hydrogen-bond donors (Lipinski definition) is 2. The Morgan fingerprint density at radius 1 is 1.20 bits per heavy atom. The summed E-state index contributed by atoms with van der Waals surface area (Å²) >= 11 is 1.61. The molecule has 0 atom stereocenters. The summed E-state index contributed by atoms with van der Waals surface area (Å²) in [5.74, 6) is 0.699. The zero-order valence-corrected chi connectivity index (χ0v) is 17.5. The minimum atomic E-state index is -4.28. The normalized spacial score (nSPS) is 14.8. The van der Waals surface area contributed by atoms with E-state index in [1.54, 1.807) is 47.0 Å². The number of anilines is 1. The Balaban J connectivity index is 1.51. The first-order valence-corrected chi connectivity index (χ1v) is 11.6. The number of aromatic nitrogens is 3. The van der Waals surface area contributed by atoms with Crippen molar-refractivity contribution >= 4 is 27.8 Å². The van der Waals surface area contributed by atoms with Gasteiger partial charge in [0, 0.05) is 10.6 Å². The van der Waals surface area contributed by atoms with Crippen molar-refractivity contribution in [3.63, 3.8) is 0 Å². The van der Waals surface area contributed by atoms with Crippen LogP contribution in [0.4, 0.5) is 5.69 Å². The fourth-order valence-corrected chi connectivity index (χ4v) is 4.50. The molecule has 0 unspecified atom stereocenters. The Morgan fingerprint density at radius 2 is 1.93 bits per heavy atom. The van der Waals surface area contributed by atoms with E-state index in [0.717, 1.165) is 34.4 Å². The topological polar surface area (TPSA) is 121 Å². The van der Waals surface area contributed by atoms with Crippen molar-refractivity contribution in [2.24, 2.45) is 0 Å².